The third-order valence-electron chi connectivity index (χ3n) is 2.58. The number of hydrogen-bond donors (Lipinski definition) is 2. The first kappa shape index (κ1) is 15.7. The first-order valence-electron chi connectivity index (χ1n) is 5.94. The summed E-state index contributed by atoms with van der Waals surface area (Å²) in [4.78, 5) is 4.51. The Morgan fingerprint density at radius 3 is 2.69 bits per heavy atom. The van der Waals surface area contributed by atoms with E-state index in [0.29, 0.717) is 6.04 Å². The van der Waals surface area contributed by atoms with Gasteiger partial charge in [-0.15, -0.1) is 24.0 Å². The fourth-order valence-corrected chi connectivity index (χ4v) is 1.44. The van der Waals surface area contributed by atoms with Crippen molar-refractivity contribution in [2.75, 3.05) is 13.1 Å². The Kier molecular flexibility index (Phi) is 8.70. The minimum atomic E-state index is 0. The van der Waals surface area contributed by atoms with Gasteiger partial charge >= 0.3 is 0 Å². The molecule has 0 aliphatic heterocycles. The molecule has 0 heterocycles. The summed E-state index contributed by atoms with van der Waals surface area (Å²) in [7, 11) is 0. The summed E-state index contributed by atoms with van der Waals surface area (Å²) in [5.74, 6) is 1.78. The molecule has 0 amide bonds. The Labute approximate surface area is 116 Å². The predicted octanol–water partition coefficient (Wildman–Crippen LogP) is 2.53. The number of rotatable bonds is 5. The highest BCUT2D eigenvalue weighted by atomic mass is 127. The van der Waals surface area contributed by atoms with Gasteiger partial charge in [-0.25, -0.2) is 0 Å². The lowest BCUT2D eigenvalue weighted by atomic mass is 10.4. The van der Waals surface area contributed by atoms with E-state index in [1.165, 1.54) is 6.42 Å². The van der Waals surface area contributed by atoms with Crippen LogP contribution < -0.4 is 10.6 Å². The topological polar surface area (TPSA) is 36.4 Å². The second-order valence-corrected chi connectivity index (χ2v) is 4.08. The van der Waals surface area contributed by atoms with E-state index in [9.17, 15) is 0 Å². The van der Waals surface area contributed by atoms with E-state index in [0.717, 1.165) is 31.4 Å². The van der Waals surface area contributed by atoms with Gasteiger partial charge in [-0.1, -0.05) is 19.1 Å². The van der Waals surface area contributed by atoms with Crippen LogP contribution in [0.15, 0.2) is 17.1 Å². The molecule has 0 aromatic carbocycles. The number of allylic oxidation sites excluding steroid dienone is 1. The maximum Gasteiger partial charge on any atom is 0.191 e. The lowest BCUT2D eigenvalue weighted by Gasteiger charge is -2.10. The van der Waals surface area contributed by atoms with Gasteiger partial charge in [-0.2, -0.15) is 0 Å². The zero-order chi connectivity index (χ0) is 11.1. The lowest BCUT2D eigenvalue weighted by molar-refractivity contribution is 0.766. The molecule has 2 N–H and O–H groups in total. The van der Waals surface area contributed by atoms with Crippen LogP contribution in [0.25, 0.3) is 0 Å². The van der Waals surface area contributed by atoms with E-state index in [1.807, 2.05) is 6.92 Å². The summed E-state index contributed by atoms with van der Waals surface area (Å²) in [6.45, 7) is 8.19. The van der Waals surface area contributed by atoms with Gasteiger partial charge in [0.1, 0.15) is 0 Å². The molecule has 0 bridgehead atoms. The Hall–Kier alpha value is -0.260. The first-order chi connectivity index (χ1) is 7.27. The van der Waals surface area contributed by atoms with Crippen LogP contribution in [-0.2, 0) is 0 Å². The van der Waals surface area contributed by atoms with Crippen LogP contribution in [0, 0.1) is 5.92 Å². The smallest absolute Gasteiger partial charge is 0.191 e. The molecule has 1 aliphatic rings. The third-order valence-corrected chi connectivity index (χ3v) is 2.58. The zero-order valence-electron chi connectivity index (χ0n) is 10.5. The molecular formula is C12H24IN3. The summed E-state index contributed by atoms with van der Waals surface area (Å²) >= 11 is 0. The van der Waals surface area contributed by atoms with Crippen molar-refractivity contribution in [3.63, 3.8) is 0 Å². The van der Waals surface area contributed by atoms with E-state index >= 15 is 0 Å². The normalized spacial score (nSPS) is 24.1. The van der Waals surface area contributed by atoms with Crippen LogP contribution in [0.3, 0.4) is 0 Å². The maximum atomic E-state index is 4.51. The highest BCUT2D eigenvalue weighted by molar-refractivity contribution is 14.0. The van der Waals surface area contributed by atoms with Crippen molar-refractivity contribution >= 4 is 29.9 Å². The standard InChI is InChI=1S/C12H23N3.HI/c1-4-6-7-8-14-12(13-5-2)15-11-9-10(11)3;/h4,6,10-11H,5,7-9H2,1-3H3,(H2,13,14,15);1H/b6-4+;. The fraction of sp³-hybridized carbons (Fsp3) is 0.750. The maximum absolute atomic E-state index is 4.51. The number of halogens is 1. The average molecular weight is 337 g/mol. The minimum Gasteiger partial charge on any atom is -0.357 e. The number of guanidine groups is 1. The number of aliphatic imine (C=N–C) groups is 1. The molecule has 2 atom stereocenters. The van der Waals surface area contributed by atoms with E-state index in [-0.39, 0.29) is 24.0 Å². The van der Waals surface area contributed by atoms with Gasteiger partial charge in [-0.05, 0) is 32.6 Å². The molecule has 3 nitrogen and oxygen atoms in total. The minimum absolute atomic E-state index is 0. The second kappa shape index (κ2) is 8.84. The Morgan fingerprint density at radius 1 is 1.50 bits per heavy atom. The fourth-order valence-electron chi connectivity index (χ4n) is 1.44. The van der Waals surface area contributed by atoms with Crippen molar-refractivity contribution in [2.45, 2.75) is 39.7 Å². The number of nitrogens with one attached hydrogen (secondary N) is 2. The molecule has 1 aliphatic carbocycles. The second-order valence-electron chi connectivity index (χ2n) is 4.08. The Bertz CT molecular complexity index is 238. The highest BCUT2D eigenvalue weighted by Crippen LogP contribution is 2.28. The lowest BCUT2D eigenvalue weighted by Crippen LogP contribution is -2.39. The molecule has 0 spiro atoms. The van der Waals surface area contributed by atoms with Crippen molar-refractivity contribution < 1.29 is 0 Å². The van der Waals surface area contributed by atoms with Gasteiger partial charge < -0.3 is 10.6 Å². The van der Waals surface area contributed by atoms with Crippen LogP contribution >= 0.6 is 24.0 Å². The summed E-state index contributed by atoms with van der Waals surface area (Å²) < 4.78 is 0. The molecule has 94 valence electrons. The van der Waals surface area contributed by atoms with E-state index in [4.69, 9.17) is 0 Å². The van der Waals surface area contributed by atoms with Gasteiger partial charge in [0.25, 0.3) is 0 Å². The van der Waals surface area contributed by atoms with Crippen LogP contribution in [0.1, 0.15) is 33.6 Å². The van der Waals surface area contributed by atoms with Crippen molar-refractivity contribution in [1.82, 2.24) is 10.6 Å². The molecule has 1 fully saturated rings. The predicted molar refractivity (Wildman–Crippen MR) is 81.5 cm³/mol. The summed E-state index contributed by atoms with van der Waals surface area (Å²) in [5.41, 5.74) is 0. The molecule has 0 radical (unpaired) electrons. The Morgan fingerprint density at radius 2 is 2.19 bits per heavy atom. The molecule has 0 saturated heterocycles. The van der Waals surface area contributed by atoms with E-state index < -0.39 is 0 Å². The molecular weight excluding hydrogens is 313 g/mol. The average Bonchev–Trinajstić information content (AvgIpc) is 2.89. The summed E-state index contributed by atoms with van der Waals surface area (Å²) in [6, 6.07) is 0.643. The molecule has 0 aromatic rings. The number of nitrogens with zero attached hydrogens (tertiary/aromatic N) is 1. The molecule has 0 aromatic heterocycles. The van der Waals surface area contributed by atoms with Gasteiger partial charge in [0.05, 0.1) is 0 Å². The molecule has 4 heteroatoms. The van der Waals surface area contributed by atoms with E-state index in [2.05, 4.69) is 41.6 Å². The van der Waals surface area contributed by atoms with Gasteiger partial charge in [0.15, 0.2) is 5.96 Å². The zero-order valence-corrected chi connectivity index (χ0v) is 12.8. The Balaban J connectivity index is 0.00000225. The van der Waals surface area contributed by atoms with E-state index in [1.54, 1.807) is 0 Å². The van der Waals surface area contributed by atoms with Crippen LogP contribution in [-0.4, -0.2) is 25.1 Å². The van der Waals surface area contributed by atoms with Crippen molar-refractivity contribution in [3.8, 4) is 0 Å². The van der Waals surface area contributed by atoms with Crippen LogP contribution in [0.4, 0.5) is 0 Å². The monoisotopic (exact) mass is 337 g/mol. The largest absolute Gasteiger partial charge is 0.357 e. The van der Waals surface area contributed by atoms with Crippen molar-refractivity contribution in [1.29, 1.82) is 0 Å². The molecule has 1 rings (SSSR count). The highest BCUT2D eigenvalue weighted by Gasteiger charge is 2.33. The van der Waals surface area contributed by atoms with Crippen molar-refractivity contribution in [3.05, 3.63) is 12.2 Å². The summed E-state index contributed by atoms with van der Waals surface area (Å²) in [5, 5.41) is 6.70. The molecule has 16 heavy (non-hydrogen) atoms. The summed E-state index contributed by atoms with van der Waals surface area (Å²) in [6.07, 6.45) is 6.51. The van der Waals surface area contributed by atoms with Gasteiger partial charge in [-0.3, -0.25) is 4.99 Å². The molecule has 1 saturated carbocycles. The van der Waals surface area contributed by atoms with Gasteiger partial charge in [0.2, 0.25) is 0 Å². The first-order valence-corrected chi connectivity index (χ1v) is 5.94. The quantitative estimate of drug-likeness (QED) is 0.266. The van der Waals surface area contributed by atoms with Crippen LogP contribution in [0.5, 0.6) is 0 Å². The number of hydrogen-bond acceptors (Lipinski definition) is 1. The SMILES string of the molecule is C/C=C/CCN=C(NCC)NC1CC1C.I. The van der Waals surface area contributed by atoms with Gasteiger partial charge in [0, 0.05) is 19.1 Å². The molecule has 2 unspecified atom stereocenters. The van der Waals surface area contributed by atoms with Crippen molar-refractivity contribution in [2.24, 2.45) is 10.9 Å². The third kappa shape index (κ3) is 6.35. The van der Waals surface area contributed by atoms with Crippen LogP contribution in [0.2, 0.25) is 0 Å².